The third kappa shape index (κ3) is 4.94. The number of halogens is 1. The SMILES string of the molecule is C[NH+](CC(=O)Nc1ccc(Cl)cc1)Cc1cc([N+](=O)[O-])cc2c1OCOC2. The molecule has 1 aliphatic heterocycles. The van der Waals surface area contributed by atoms with Gasteiger partial charge in [0.05, 0.1) is 24.1 Å². The first-order valence-corrected chi connectivity index (χ1v) is 8.67. The maximum absolute atomic E-state index is 12.2. The number of rotatable bonds is 6. The molecule has 0 saturated carbocycles. The molecule has 3 rings (SSSR count). The molecule has 2 aromatic rings. The Morgan fingerprint density at radius 1 is 1.33 bits per heavy atom. The number of hydrogen-bond donors (Lipinski definition) is 2. The van der Waals surface area contributed by atoms with Crippen LogP contribution < -0.4 is 15.0 Å². The summed E-state index contributed by atoms with van der Waals surface area (Å²) >= 11 is 5.83. The summed E-state index contributed by atoms with van der Waals surface area (Å²) < 4.78 is 10.7. The summed E-state index contributed by atoms with van der Waals surface area (Å²) in [7, 11) is 1.84. The highest BCUT2D eigenvalue weighted by Crippen LogP contribution is 2.32. The van der Waals surface area contributed by atoms with Gasteiger partial charge < -0.3 is 19.7 Å². The molecule has 1 atom stereocenters. The zero-order valence-corrected chi connectivity index (χ0v) is 15.4. The summed E-state index contributed by atoms with van der Waals surface area (Å²) in [6, 6.07) is 9.79. The van der Waals surface area contributed by atoms with E-state index in [-0.39, 0.29) is 31.5 Å². The van der Waals surface area contributed by atoms with E-state index in [0.29, 0.717) is 34.1 Å². The number of nitro benzene ring substituents is 1. The summed E-state index contributed by atoms with van der Waals surface area (Å²) in [5, 5.41) is 14.6. The summed E-state index contributed by atoms with van der Waals surface area (Å²) in [6.07, 6.45) is 0. The van der Waals surface area contributed by atoms with Crippen LogP contribution in [0.2, 0.25) is 5.02 Å². The number of benzene rings is 2. The van der Waals surface area contributed by atoms with Crippen LogP contribution in [-0.2, 0) is 22.7 Å². The molecule has 0 spiro atoms. The largest absolute Gasteiger partial charge is 0.467 e. The van der Waals surface area contributed by atoms with Gasteiger partial charge in [0.1, 0.15) is 12.3 Å². The topological polar surface area (TPSA) is 95.1 Å². The average Bonchev–Trinajstić information content (AvgIpc) is 2.63. The first kappa shape index (κ1) is 19.1. The predicted molar refractivity (Wildman–Crippen MR) is 98.9 cm³/mol. The molecule has 2 N–H and O–H groups in total. The van der Waals surface area contributed by atoms with Crippen molar-refractivity contribution in [3.05, 3.63) is 62.7 Å². The molecule has 142 valence electrons. The molecule has 2 aromatic carbocycles. The highest BCUT2D eigenvalue weighted by molar-refractivity contribution is 6.30. The Morgan fingerprint density at radius 3 is 2.78 bits per heavy atom. The van der Waals surface area contributed by atoms with E-state index < -0.39 is 4.92 Å². The molecule has 0 aromatic heterocycles. The predicted octanol–water partition coefficient (Wildman–Crippen LogP) is 1.77. The number of amides is 1. The zero-order chi connectivity index (χ0) is 19.4. The Kier molecular flexibility index (Phi) is 5.90. The van der Waals surface area contributed by atoms with Crippen LogP contribution in [0.25, 0.3) is 0 Å². The first-order valence-electron chi connectivity index (χ1n) is 8.30. The smallest absolute Gasteiger partial charge is 0.279 e. The Balaban J connectivity index is 1.68. The van der Waals surface area contributed by atoms with Crippen molar-refractivity contribution in [2.24, 2.45) is 0 Å². The van der Waals surface area contributed by atoms with Crippen LogP contribution >= 0.6 is 11.6 Å². The van der Waals surface area contributed by atoms with Crippen molar-refractivity contribution in [1.82, 2.24) is 0 Å². The third-order valence-corrected chi connectivity index (χ3v) is 4.32. The van der Waals surface area contributed by atoms with E-state index in [1.165, 1.54) is 12.1 Å². The van der Waals surface area contributed by atoms with Crippen molar-refractivity contribution < 1.29 is 24.1 Å². The quantitative estimate of drug-likeness (QED) is 0.577. The summed E-state index contributed by atoms with van der Waals surface area (Å²) in [5.41, 5.74) is 1.96. The molecule has 1 unspecified atom stereocenters. The van der Waals surface area contributed by atoms with Gasteiger partial charge in [-0.05, 0) is 24.3 Å². The van der Waals surface area contributed by atoms with Crippen molar-refractivity contribution in [3.8, 4) is 5.75 Å². The molecule has 0 saturated heterocycles. The fourth-order valence-electron chi connectivity index (χ4n) is 2.92. The van der Waals surface area contributed by atoms with Gasteiger partial charge in [0.2, 0.25) is 0 Å². The lowest BCUT2D eigenvalue weighted by Crippen LogP contribution is -3.08. The molecule has 9 heteroatoms. The van der Waals surface area contributed by atoms with Gasteiger partial charge in [-0.25, -0.2) is 0 Å². The van der Waals surface area contributed by atoms with E-state index in [2.05, 4.69) is 5.32 Å². The van der Waals surface area contributed by atoms with Gasteiger partial charge in [-0.15, -0.1) is 0 Å². The number of fused-ring (bicyclic) bond motifs is 1. The molecule has 1 amide bonds. The molecule has 0 radical (unpaired) electrons. The van der Waals surface area contributed by atoms with Crippen LogP contribution in [0.4, 0.5) is 11.4 Å². The van der Waals surface area contributed by atoms with Crippen LogP contribution in [0.1, 0.15) is 11.1 Å². The van der Waals surface area contributed by atoms with Crippen molar-refractivity contribution in [2.45, 2.75) is 13.2 Å². The molecule has 1 heterocycles. The summed E-state index contributed by atoms with van der Waals surface area (Å²) in [4.78, 5) is 23.8. The number of ether oxygens (including phenoxy) is 2. The van der Waals surface area contributed by atoms with Crippen LogP contribution in [0.15, 0.2) is 36.4 Å². The molecule has 0 bridgehead atoms. The van der Waals surface area contributed by atoms with E-state index in [4.69, 9.17) is 21.1 Å². The molecule has 0 fully saturated rings. The number of non-ortho nitro benzene ring substituents is 1. The van der Waals surface area contributed by atoms with Crippen molar-refractivity contribution in [1.29, 1.82) is 0 Å². The number of nitrogens with one attached hydrogen (secondary N) is 2. The standard InChI is InChI=1S/C18H18ClN3O5/c1-21(9-17(23)20-15-4-2-14(19)3-5-15)8-12-6-16(22(24)25)7-13-10-26-11-27-18(12)13/h2-7H,8-11H2,1H3,(H,20,23)/p+1. The van der Waals surface area contributed by atoms with E-state index in [1.807, 2.05) is 7.05 Å². The van der Waals surface area contributed by atoms with E-state index in [9.17, 15) is 14.9 Å². The molecule has 8 nitrogen and oxygen atoms in total. The Morgan fingerprint density at radius 2 is 2.07 bits per heavy atom. The van der Waals surface area contributed by atoms with Gasteiger partial charge >= 0.3 is 0 Å². The molecule has 27 heavy (non-hydrogen) atoms. The zero-order valence-electron chi connectivity index (χ0n) is 14.7. The maximum atomic E-state index is 12.2. The lowest BCUT2D eigenvalue weighted by atomic mass is 10.1. The minimum Gasteiger partial charge on any atom is -0.467 e. The maximum Gasteiger partial charge on any atom is 0.279 e. The van der Waals surface area contributed by atoms with E-state index >= 15 is 0 Å². The van der Waals surface area contributed by atoms with Crippen LogP contribution in [0.3, 0.4) is 0 Å². The lowest BCUT2D eigenvalue weighted by molar-refractivity contribution is -0.885. The second-order valence-electron chi connectivity index (χ2n) is 6.33. The Bertz CT molecular complexity index is 857. The monoisotopic (exact) mass is 392 g/mol. The average molecular weight is 393 g/mol. The van der Waals surface area contributed by atoms with Crippen LogP contribution in [0, 0.1) is 10.1 Å². The second-order valence-corrected chi connectivity index (χ2v) is 6.76. The van der Waals surface area contributed by atoms with Gasteiger partial charge in [-0.2, -0.15) is 0 Å². The number of anilines is 1. The summed E-state index contributed by atoms with van der Waals surface area (Å²) in [6.45, 7) is 0.961. The Hall–Kier alpha value is -2.68. The van der Waals surface area contributed by atoms with E-state index in [1.54, 1.807) is 24.3 Å². The number of nitrogens with zero attached hydrogens (tertiary/aromatic N) is 1. The Labute approximate surface area is 160 Å². The minimum absolute atomic E-state index is 0.0173. The fraction of sp³-hybridized carbons (Fsp3) is 0.278. The van der Waals surface area contributed by atoms with Crippen molar-refractivity contribution >= 4 is 28.9 Å². The lowest BCUT2D eigenvalue weighted by Gasteiger charge is -2.22. The third-order valence-electron chi connectivity index (χ3n) is 4.07. The van der Waals surface area contributed by atoms with Gasteiger partial charge in [0.15, 0.2) is 13.3 Å². The molecular weight excluding hydrogens is 374 g/mol. The molecular formula is C18H19ClN3O5+. The number of likely N-dealkylation sites (N-methyl/N-ethyl adjacent to an activating group) is 1. The molecule has 1 aliphatic rings. The normalized spacial score (nSPS) is 14.0. The fourth-order valence-corrected chi connectivity index (χ4v) is 3.04. The number of quaternary nitrogens is 1. The van der Waals surface area contributed by atoms with Gasteiger partial charge in [0.25, 0.3) is 11.6 Å². The van der Waals surface area contributed by atoms with Crippen LogP contribution in [-0.4, -0.2) is 31.2 Å². The van der Waals surface area contributed by atoms with Gasteiger partial charge in [-0.1, -0.05) is 11.6 Å². The highest BCUT2D eigenvalue weighted by Gasteiger charge is 2.23. The summed E-state index contributed by atoms with van der Waals surface area (Å²) in [5.74, 6) is 0.433. The van der Waals surface area contributed by atoms with Crippen LogP contribution in [0.5, 0.6) is 5.75 Å². The van der Waals surface area contributed by atoms with E-state index in [0.717, 1.165) is 4.90 Å². The number of carbonyl (C=O) groups is 1. The number of hydrogen-bond acceptors (Lipinski definition) is 5. The van der Waals surface area contributed by atoms with Gasteiger partial charge in [0, 0.05) is 28.4 Å². The highest BCUT2D eigenvalue weighted by atomic mass is 35.5. The van der Waals surface area contributed by atoms with Crippen molar-refractivity contribution in [2.75, 3.05) is 25.7 Å². The second kappa shape index (κ2) is 8.34. The molecule has 0 aliphatic carbocycles. The van der Waals surface area contributed by atoms with Crippen molar-refractivity contribution in [3.63, 3.8) is 0 Å². The number of nitro groups is 1. The first-order chi connectivity index (χ1) is 12.9. The van der Waals surface area contributed by atoms with Gasteiger partial charge in [-0.3, -0.25) is 14.9 Å². The number of carbonyl (C=O) groups excluding carboxylic acids is 1. The minimum atomic E-state index is -0.443.